The minimum atomic E-state index is -2.51. The van der Waals surface area contributed by atoms with Crippen molar-refractivity contribution in [2.24, 2.45) is 13.5 Å². The molecule has 0 aromatic heterocycles. The lowest BCUT2D eigenvalue weighted by atomic mass is 10.3. The molecule has 1 heterocycles. The molecule has 0 radical (unpaired) electrons. The van der Waals surface area contributed by atoms with Crippen molar-refractivity contribution < 1.29 is 4.52 Å². The molecule has 0 spiro atoms. The van der Waals surface area contributed by atoms with E-state index in [9.17, 15) is 0 Å². The van der Waals surface area contributed by atoms with Gasteiger partial charge in [-0.05, 0) is 35.5 Å². The van der Waals surface area contributed by atoms with Crippen molar-refractivity contribution in [3.8, 4) is 5.75 Å². The van der Waals surface area contributed by atoms with Crippen LogP contribution in [0, 0.1) is 0 Å². The standard InChI is InChI=1S/C6H4BrClN3OP3/c7-5-1-3-6(4-2-5)12-15(8)10-13-9-14-11-15/h1-4H. The molecule has 2 rings (SSSR count). The third-order valence-corrected chi connectivity index (χ3v) is 6.86. The number of nitrogens with zero attached hydrogens (tertiary/aromatic N) is 3. The monoisotopic (exact) mass is 341 g/mol. The van der Waals surface area contributed by atoms with Crippen LogP contribution in [0.15, 0.2) is 42.3 Å². The second-order valence-electron chi connectivity index (χ2n) is 2.47. The highest BCUT2D eigenvalue weighted by molar-refractivity contribution is 9.10. The van der Waals surface area contributed by atoms with Crippen molar-refractivity contribution in [2.45, 2.75) is 0 Å². The lowest BCUT2D eigenvalue weighted by Gasteiger charge is -2.12. The molecule has 0 saturated heterocycles. The summed E-state index contributed by atoms with van der Waals surface area (Å²) < 4.78 is 18.5. The van der Waals surface area contributed by atoms with E-state index in [1.54, 1.807) is 0 Å². The van der Waals surface area contributed by atoms with Crippen molar-refractivity contribution in [3.63, 3.8) is 0 Å². The summed E-state index contributed by atoms with van der Waals surface area (Å²) in [7, 11) is 1.18. The van der Waals surface area contributed by atoms with E-state index in [0.717, 1.165) is 4.47 Å². The molecule has 1 unspecified atom stereocenters. The summed E-state index contributed by atoms with van der Waals surface area (Å²) in [6.07, 6.45) is 0. The van der Waals surface area contributed by atoms with Crippen LogP contribution >= 0.6 is 51.0 Å². The molecule has 1 aliphatic heterocycles. The lowest BCUT2D eigenvalue weighted by Crippen LogP contribution is -1.83. The summed E-state index contributed by atoms with van der Waals surface area (Å²) in [6.45, 7) is -2.51. The smallest absolute Gasteiger partial charge is 0.356 e. The van der Waals surface area contributed by atoms with Crippen LogP contribution in [0.4, 0.5) is 0 Å². The van der Waals surface area contributed by atoms with E-state index in [1.165, 1.54) is 0 Å². The summed E-state index contributed by atoms with van der Waals surface area (Å²) in [5, 5.41) is 0. The van der Waals surface area contributed by atoms with Crippen LogP contribution in [-0.4, -0.2) is 0 Å². The molecule has 0 bridgehead atoms. The Labute approximate surface area is 103 Å². The predicted molar refractivity (Wildman–Crippen MR) is 68.7 cm³/mol. The summed E-state index contributed by atoms with van der Waals surface area (Å²) in [6, 6.07) is 7.39. The highest BCUT2D eigenvalue weighted by Crippen LogP contribution is 2.63. The van der Waals surface area contributed by atoms with Crippen LogP contribution in [0.3, 0.4) is 0 Å². The van der Waals surface area contributed by atoms with Gasteiger partial charge in [-0.25, -0.2) is 0 Å². The van der Waals surface area contributed by atoms with Gasteiger partial charge in [0.15, 0.2) is 17.0 Å². The van der Waals surface area contributed by atoms with Gasteiger partial charge in [-0.1, -0.05) is 15.9 Å². The fourth-order valence-corrected chi connectivity index (χ4v) is 4.89. The molecule has 0 saturated carbocycles. The Morgan fingerprint density at radius 3 is 2.60 bits per heavy atom. The van der Waals surface area contributed by atoms with Crippen LogP contribution in [0.25, 0.3) is 0 Å². The van der Waals surface area contributed by atoms with Crippen molar-refractivity contribution >= 4 is 51.0 Å². The Morgan fingerprint density at radius 1 is 1.27 bits per heavy atom. The van der Waals surface area contributed by atoms with Crippen LogP contribution in [0.5, 0.6) is 5.75 Å². The van der Waals surface area contributed by atoms with Crippen LogP contribution in [0.1, 0.15) is 0 Å². The van der Waals surface area contributed by atoms with Gasteiger partial charge in [0.1, 0.15) is 5.75 Å². The van der Waals surface area contributed by atoms with Crippen molar-refractivity contribution in [1.29, 1.82) is 0 Å². The van der Waals surface area contributed by atoms with Gasteiger partial charge in [0, 0.05) is 4.47 Å². The topological polar surface area (TPSA) is 46.3 Å². The Balaban J connectivity index is 2.22. The van der Waals surface area contributed by atoms with E-state index in [-0.39, 0.29) is 0 Å². The minimum Gasteiger partial charge on any atom is -0.430 e. The summed E-state index contributed by atoms with van der Waals surface area (Å²) in [5.74, 6) is 0.668. The maximum Gasteiger partial charge on any atom is 0.356 e. The predicted octanol–water partition coefficient (Wildman–Crippen LogP) is 6.12. The zero-order chi connectivity index (χ0) is 10.7. The zero-order valence-electron chi connectivity index (χ0n) is 7.16. The van der Waals surface area contributed by atoms with E-state index >= 15 is 0 Å². The van der Waals surface area contributed by atoms with E-state index in [1.807, 2.05) is 24.3 Å². The van der Waals surface area contributed by atoms with Gasteiger partial charge in [-0.15, -0.1) is 0 Å². The molecule has 0 aliphatic carbocycles. The fraction of sp³-hybridized carbons (Fsp3) is 0. The average Bonchev–Trinajstić information content (AvgIpc) is 2.22. The number of benzene rings is 1. The van der Waals surface area contributed by atoms with Gasteiger partial charge >= 0.3 is 6.78 Å². The van der Waals surface area contributed by atoms with Gasteiger partial charge < -0.3 is 4.52 Å². The summed E-state index contributed by atoms with van der Waals surface area (Å²) in [5.41, 5.74) is 0. The normalized spacial score (nSPS) is 25.7. The number of halogens is 2. The van der Waals surface area contributed by atoms with E-state index < -0.39 is 6.78 Å². The molecule has 1 aromatic carbocycles. The zero-order valence-corrected chi connectivity index (χ0v) is 12.2. The van der Waals surface area contributed by atoms with Gasteiger partial charge in [-0.2, -0.15) is 13.5 Å². The Bertz CT molecular complexity index is 475. The van der Waals surface area contributed by atoms with Gasteiger partial charge in [0.05, 0.1) is 0 Å². The molecule has 1 aromatic rings. The molecule has 1 aliphatic rings. The van der Waals surface area contributed by atoms with E-state index in [2.05, 4.69) is 29.5 Å². The van der Waals surface area contributed by atoms with Gasteiger partial charge in [-0.3, -0.25) is 0 Å². The van der Waals surface area contributed by atoms with E-state index in [4.69, 9.17) is 15.8 Å². The molecule has 0 fully saturated rings. The second kappa shape index (κ2) is 5.03. The highest BCUT2D eigenvalue weighted by atomic mass is 79.9. The molecule has 9 heteroatoms. The maximum absolute atomic E-state index is 6.12. The maximum atomic E-state index is 6.12. The molecule has 15 heavy (non-hydrogen) atoms. The summed E-state index contributed by atoms with van der Waals surface area (Å²) >= 11 is 9.46. The number of hydrogen-bond donors (Lipinski definition) is 0. The molecular weight excluding hydrogens is 338 g/mol. The number of hydrogen-bond acceptors (Lipinski definition) is 4. The van der Waals surface area contributed by atoms with Gasteiger partial charge in [0.25, 0.3) is 0 Å². The van der Waals surface area contributed by atoms with E-state index in [0.29, 0.717) is 22.8 Å². The molecule has 0 N–H and O–H groups in total. The third kappa shape index (κ3) is 3.34. The Morgan fingerprint density at radius 2 is 2.00 bits per heavy atom. The minimum absolute atomic E-state index is 0.590. The number of rotatable bonds is 2. The lowest BCUT2D eigenvalue weighted by molar-refractivity contribution is 0.619. The first kappa shape index (κ1) is 11.7. The van der Waals surface area contributed by atoms with Crippen LogP contribution < -0.4 is 4.52 Å². The third-order valence-electron chi connectivity index (χ3n) is 1.42. The molecular formula is C6H4BrClN3OP3. The SMILES string of the molecule is ClP1(Oc2ccc(Br)cc2)=NP=NP=N1. The van der Waals surface area contributed by atoms with Crippen molar-refractivity contribution in [2.75, 3.05) is 0 Å². The molecule has 1 atom stereocenters. The average molecular weight is 342 g/mol. The summed E-state index contributed by atoms with van der Waals surface area (Å²) in [4.78, 5) is 0. The van der Waals surface area contributed by atoms with Gasteiger partial charge in [0.2, 0.25) is 0 Å². The second-order valence-corrected chi connectivity index (χ2v) is 8.34. The van der Waals surface area contributed by atoms with Crippen LogP contribution in [-0.2, 0) is 0 Å². The quantitative estimate of drug-likeness (QED) is 0.598. The molecule has 78 valence electrons. The molecule has 4 nitrogen and oxygen atoms in total. The first-order valence-electron chi connectivity index (χ1n) is 3.77. The van der Waals surface area contributed by atoms with Crippen molar-refractivity contribution in [1.82, 2.24) is 0 Å². The fourth-order valence-electron chi connectivity index (χ4n) is 0.836. The first-order valence-corrected chi connectivity index (χ1v) is 8.68. The largest absolute Gasteiger partial charge is 0.430 e. The van der Waals surface area contributed by atoms with Crippen molar-refractivity contribution in [3.05, 3.63) is 28.7 Å². The van der Waals surface area contributed by atoms with Crippen LogP contribution in [0.2, 0.25) is 0 Å². The first-order chi connectivity index (χ1) is 7.18. The highest BCUT2D eigenvalue weighted by Gasteiger charge is 2.18. The molecule has 0 amide bonds. The Kier molecular flexibility index (Phi) is 3.93. The Hall–Kier alpha value is 0.220.